The summed E-state index contributed by atoms with van der Waals surface area (Å²) in [4.78, 5) is 4.74. The van der Waals surface area contributed by atoms with Gasteiger partial charge in [0.2, 0.25) is 0 Å². The number of benzene rings is 2. The van der Waals surface area contributed by atoms with Gasteiger partial charge in [-0.2, -0.15) is 0 Å². The van der Waals surface area contributed by atoms with Crippen LogP contribution in [-0.4, -0.2) is 4.98 Å². The van der Waals surface area contributed by atoms with Gasteiger partial charge in [-0.1, -0.05) is 133 Å². The number of unbranched alkanes of at least 4 members (excludes halogenated alkanes) is 10. The third-order valence-corrected chi connectivity index (χ3v) is 6.93. The summed E-state index contributed by atoms with van der Waals surface area (Å²) >= 11 is 0. The zero-order chi connectivity index (χ0) is 23.8. The monoisotopic (exact) mass is 455 g/mol. The fourth-order valence-corrected chi connectivity index (χ4v) is 4.66. The van der Waals surface area contributed by atoms with Crippen molar-refractivity contribution in [2.24, 2.45) is 0 Å². The molecule has 0 N–H and O–H groups in total. The first-order valence-corrected chi connectivity index (χ1v) is 13.9. The molecule has 0 atom stereocenters. The Morgan fingerprint density at radius 1 is 0.441 bits per heavy atom. The smallest absolute Gasteiger partial charge is 0.0702 e. The quantitative estimate of drug-likeness (QED) is 0.196. The highest BCUT2D eigenvalue weighted by atomic mass is 14.7. The van der Waals surface area contributed by atoms with Gasteiger partial charge in [-0.15, -0.1) is 0 Å². The lowest BCUT2D eigenvalue weighted by Gasteiger charge is -2.07. The number of aromatic nitrogens is 1. The maximum absolute atomic E-state index is 4.74. The summed E-state index contributed by atoms with van der Waals surface area (Å²) in [6.07, 6.45) is 20.6. The average molecular weight is 456 g/mol. The third kappa shape index (κ3) is 9.09. The molecule has 0 bridgehead atoms. The SMILES string of the molecule is CCCCCCCCc1ccc(-c2ccc(-c3ccc(CCCCCCCC)cn3)cc2)cc1. The molecule has 0 aliphatic carbocycles. The van der Waals surface area contributed by atoms with Crippen molar-refractivity contribution < 1.29 is 0 Å². The van der Waals surface area contributed by atoms with Crippen molar-refractivity contribution >= 4 is 0 Å². The predicted octanol–water partition coefficient (Wildman–Crippen LogP) is 10.2. The number of aryl methyl sites for hydroxylation is 2. The lowest BCUT2D eigenvalue weighted by atomic mass is 9.99. The Labute approximate surface area is 209 Å². The molecule has 0 fully saturated rings. The first-order valence-electron chi connectivity index (χ1n) is 13.9. The minimum Gasteiger partial charge on any atom is -0.256 e. The molecular weight excluding hydrogens is 410 g/mol. The lowest BCUT2D eigenvalue weighted by molar-refractivity contribution is 0.607. The molecule has 1 nitrogen and oxygen atoms in total. The molecule has 0 saturated carbocycles. The fourth-order valence-electron chi connectivity index (χ4n) is 4.66. The van der Waals surface area contributed by atoms with E-state index in [2.05, 4.69) is 80.7 Å². The fraction of sp³-hybridized carbons (Fsp3) is 0.485. The molecule has 0 unspecified atom stereocenters. The van der Waals surface area contributed by atoms with E-state index in [-0.39, 0.29) is 0 Å². The van der Waals surface area contributed by atoms with Crippen molar-refractivity contribution in [2.45, 2.75) is 104 Å². The first kappa shape index (κ1) is 26.2. The molecule has 0 aliphatic heterocycles. The van der Waals surface area contributed by atoms with Gasteiger partial charge in [0.05, 0.1) is 5.69 Å². The molecule has 34 heavy (non-hydrogen) atoms. The molecule has 2 aromatic carbocycles. The molecule has 0 saturated heterocycles. The van der Waals surface area contributed by atoms with Crippen molar-refractivity contribution in [3.8, 4) is 22.4 Å². The van der Waals surface area contributed by atoms with Crippen molar-refractivity contribution in [2.75, 3.05) is 0 Å². The third-order valence-electron chi connectivity index (χ3n) is 6.93. The Morgan fingerprint density at radius 3 is 1.41 bits per heavy atom. The van der Waals surface area contributed by atoms with Gasteiger partial charge in [-0.05, 0) is 54.0 Å². The molecule has 182 valence electrons. The summed E-state index contributed by atoms with van der Waals surface area (Å²) in [6.45, 7) is 4.55. The molecule has 0 aliphatic rings. The lowest BCUT2D eigenvalue weighted by Crippen LogP contribution is -1.90. The maximum atomic E-state index is 4.74. The van der Waals surface area contributed by atoms with E-state index in [0.717, 1.165) is 12.1 Å². The second-order valence-corrected chi connectivity index (χ2v) is 9.86. The molecule has 3 aromatic rings. The van der Waals surface area contributed by atoms with E-state index in [9.17, 15) is 0 Å². The van der Waals surface area contributed by atoms with E-state index in [0.29, 0.717) is 0 Å². The largest absolute Gasteiger partial charge is 0.256 e. The molecular formula is C33H45N. The molecule has 0 spiro atoms. The zero-order valence-corrected chi connectivity index (χ0v) is 21.7. The van der Waals surface area contributed by atoms with Crippen LogP contribution in [0.15, 0.2) is 66.9 Å². The van der Waals surface area contributed by atoms with Crippen LogP contribution in [0.4, 0.5) is 0 Å². The van der Waals surface area contributed by atoms with Crippen LogP contribution >= 0.6 is 0 Å². The van der Waals surface area contributed by atoms with Gasteiger partial charge in [0.15, 0.2) is 0 Å². The number of hydrogen-bond acceptors (Lipinski definition) is 1. The summed E-state index contributed by atoms with van der Waals surface area (Å²) in [5.41, 5.74) is 7.63. The first-order chi connectivity index (χ1) is 16.8. The van der Waals surface area contributed by atoms with Crippen LogP contribution in [-0.2, 0) is 12.8 Å². The van der Waals surface area contributed by atoms with Crippen molar-refractivity contribution in [1.82, 2.24) is 4.98 Å². The van der Waals surface area contributed by atoms with E-state index in [1.807, 2.05) is 0 Å². The molecule has 1 aromatic heterocycles. The highest BCUT2D eigenvalue weighted by Gasteiger charge is 2.03. The summed E-state index contributed by atoms with van der Waals surface area (Å²) in [5.74, 6) is 0. The van der Waals surface area contributed by atoms with Crippen LogP contribution < -0.4 is 0 Å². The molecule has 3 rings (SSSR count). The Kier molecular flexibility index (Phi) is 11.9. The van der Waals surface area contributed by atoms with Crippen molar-refractivity contribution in [3.05, 3.63) is 78.0 Å². The highest BCUT2D eigenvalue weighted by Crippen LogP contribution is 2.25. The Balaban J connectivity index is 1.46. The van der Waals surface area contributed by atoms with E-state index >= 15 is 0 Å². The summed E-state index contributed by atoms with van der Waals surface area (Å²) < 4.78 is 0. The minimum absolute atomic E-state index is 1.06. The van der Waals surface area contributed by atoms with Gasteiger partial charge in [0.25, 0.3) is 0 Å². The van der Waals surface area contributed by atoms with E-state index < -0.39 is 0 Å². The Hall–Kier alpha value is -2.41. The zero-order valence-electron chi connectivity index (χ0n) is 21.7. The second kappa shape index (κ2) is 15.5. The van der Waals surface area contributed by atoms with Crippen LogP contribution in [0.1, 0.15) is 102 Å². The van der Waals surface area contributed by atoms with E-state index in [1.54, 1.807) is 0 Å². The van der Waals surface area contributed by atoms with Gasteiger partial charge >= 0.3 is 0 Å². The Bertz CT molecular complexity index is 828. The van der Waals surface area contributed by atoms with E-state index in [1.165, 1.54) is 111 Å². The van der Waals surface area contributed by atoms with Crippen LogP contribution in [0.3, 0.4) is 0 Å². The molecule has 0 amide bonds. The van der Waals surface area contributed by atoms with Crippen LogP contribution in [0.5, 0.6) is 0 Å². The predicted molar refractivity (Wildman–Crippen MR) is 149 cm³/mol. The number of nitrogens with zero attached hydrogens (tertiary/aromatic N) is 1. The van der Waals surface area contributed by atoms with Crippen LogP contribution in [0, 0.1) is 0 Å². The number of rotatable bonds is 16. The van der Waals surface area contributed by atoms with Gasteiger partial charge in [-0.25, -0.2) is 0 Å². The normalized spacial score (nSPS) is 11.1. The summed E-state index contributed by atoms with van der Waals surface area (Å²) in [5, 5.41) is 0. The van der Waals surface area contributed by atoms with Crippen molar-refractivity contribution in [3.63, 3.8) is 0 Å². The van der Waals surface area contributed by atoms with Crippen LogP contribution in [0.2, 0.25) is 0 Å². The van der Waals surface area contributed by atoms with Gasteiger partial charge < -0.3 is 0 Å². The van der Waals surface area contributed by atoms with Crippen LogP contribution in [0.25, 0.3) is 22.4 Å². The average Bonchev–Trinajstić information content (AvgIpc) is 2.89. The number of hydrogen-bond donors (Lipinski definition) is 0. The standard InChI is InChI=1S/C33H45N/c1-3-5-7-9-11-13-15-28-17-20-30(21-18-28)31-22-24-32(25-23-31)33-26-19-29(27-34-33)16-14-12-10-8-6-4-2/h17-27H,3-16H2,1-2H3. The van der Waals surface area contributed by atoms with Gasteiger partial charge in [-0.3, -0.25) is 4.98 Å². The topological polar surface area (TPSA) is 12.9 Å². The minimum atomic E-state index is 1.06. The summed E-state index contributed by atoms with van der Waals surface area (Å²) in [7, 11) is 0. The second-order valence-electron chi connectivity index (χ2n) is 9.86. The number of pyridine rings is 1. The van der Waals surface area contributed by atoms with Gasteiger partial charge in [0.1, 0.15) is 0 Å². The molecule has 1 heteroatoms. The van der Waals surface area contributed by atoms with Gasteiger partial charge in [0, 0.05) is 11.8 Å². The van der Waals surface area contributed by atoms with E-state index in [4.69, 9.17) is 4.98 Å². The summed E-state index contributed by atoms with van der Waals surface area (Å²) in [6, 6.07) is 22.5. The maximum Gasteiger partial charge on any atom is 0.0702 e. The highest BCUT2D eigenvalue weighted by molar-refractivity contribution is 5.69. The van der Waals surface area contributed by atoms with Crippen molar-refractivity contribution in [1.29, 1.82) is 0 Å². The molecule has 1 heterocycles. The molecule has 0 radical (unpaired) electrons. The Morgan fingerprint density at radius 2 is 0.882 bits per heavy atom.